The van der Waals surface area contributed by atoms with Gasteiger partial charge in [0.25, 0.3) is 5.56 Å². The van der Waals surface area contributed by atoms with Gasteiger partial charge in [-0.2, -0.15) is 5.10 Å². The Bertz CT molecular complexity index is 855. The second kappa shape index (κ2) is 6.93. The fourth-order valence-electron chi connectivity index (χ4n) is 2.34. The number of hydrogen-bond acceptors (Lipinski definition) is 4. The fourth-order valence-corrected chi connectivity index (χ4v) is 2.47. The summed E-state index contributed by atoms with van der Waals surface area (Å²) in [5.74, 6) is 0. The van der Waals surface area contributed by atoms with Crippen molar-refractivity contribution in [3.8, 4) is 0 Å². The predicted molar refractivity (Wildman–Crippen MR) is 88.8 cm³/mol. The molecule has 0 fully saturated rings. The number of nitrogens with zero attached hydrogens (tertiary/aromatic N) is 4. The molecule has 2 heterocycles. The molecule has 3 aromatic rings. The molecule has 6 nitrogen and oxygen atoms in total. The average Bonchev–Trinajstić information content (AvgIpc) is 2.96. The van der Waals surface area contributed by atoms with Crippen LogP contribution in [0.15, 0.2) is 41.6 Å². The Kier molecular flexibility index (Phi) is 4.73. The molecule has 0 unspecified atom stereocenters. The molecule has 0 N–H and O–H groups in total. The number of aromatic nitrogens is 4. The SMILES string of the molecule is CCOCCn1cnc2c(cnn2Cc2ccc(Cl)cc2)c1=O. The second-order valence-corrected chi connectivity index (χ2v) is 5.54. The molecule has 0 aliphatic heterocycles. The van der Waals surface area contributed by atoms with Crippen LogP contribution in [0.1, 0.15) is 12.5 Å². The molecule has 120 valence electrons. The predicted octanol–water partition coefficient (Wildman–Crippen LogP) is 2.33. The normalized spacial score (nSPS) is 11.2. The highest BCUT2D eigenvalue weighted by molar-refractivity contribution is 6.30. The van der Waals surface area contributed by atoms with Gasteiger partial charge in [-0.3, -0.25) is 9.36 Å². The van der Waals surface area contributed by atoms with Gasteiger partial charge in [0.1, 0.15) is 11.7 Å². The third kappa shape index (κ3) is 3.43. The van der Waals surface area contributed by atoms with Crippen LogP contribution in [-0.2, 0) is 17.8 Å². The molecular formula is C16H17ClN4O2. The zero-order valence-corrected chi connectivity index (χ0v) is 13.5. The minimum absolute atomic E-state index is 0.0999. The number of rotatable bonds is 6. The molecule has 0 amide bonds. The Labute approximate surface area is 138 Å². The van der Waals surface area contributed by atoms with E-state index in [2.05, 4.69) is 10.1 Å². The van der Waals surface area contributed by atoms with E-state index in [-0.39, 0.29) is 5.56 Å². The number of fused-ring (bicyclic) bond motifs is 1. The maximum Gasteiger partial charge on any atom is 0.264 e. The van der Waals surface area contributed by atoms with E-state index in [1.165, 1.54) is 0 Å². The number of ether oxygens (including phenoxy) is 1. The first-order chi connectivity index (χ1) is 11.2. The van der Waals surface area contributed by atoms with Gasteiger partial charge in [-0.15, -0.1) is 0 Å². The molecule has 0 saturated heterocycles. The zero-order chi connectivity index (χ0) is 16.2. The Morgan fingerprint density at radius 1 is 1.26 bits per heavy atom. The molecular weight excluding hydrogens is 316 g/mol. The second-order valence-electron chi connectivity index (χ2n) is 5.11. The third-order valence-electron chi connectivity index (χ3n) is 3.55. The van der Waals surface area contributed by atoms with E-state index in [1.807, 2.05) is 31.2 Å². The maximum absolute atomic E-state index is 12.4. The molecule has 0 bridgehead atoms. The first kappa shape index (κ1) is 15.7. The Hall–Kier alpha value is -2.18. The van der Waals surface area contributed by atoms with Crippen molar-refractivity contribution < 1.29 is 4.74 Å². The lowest BCUT2D eigenvalue weighted by molar-refractivity contribution is 0.138. The van der Waals surface area contributed by atoms with Crippen molar-refractivity contribution >= 4 is 22.6 Å². The highest BCUT2D eigenvalue weighted by Crippen LogP contribution is 2.12. The maximum atomic E-state index is 12.4. The Morgan fingerprint density at radius 2 is 2.04 bits per heavy atom. The molecule has 3 rings (SSSR count). The summed E-state index contributed by atoms with van der Waals surface area (Å²) < 4.78 is 8.54. The van der Waals surface area contributed by atoms with Gasteiger partial charge in [-0.1, -0.05) is 23.7 Å². The number of benzene rings is 1. The van der Waals surface area contributed by atoms with Gasteiger partial charge in [0.05, 0.1) is 25.9 Å². The van der Waals surface area contributed by atoms with Crippen LogP contribution in [0.4, 0.5) is 0 Å². The van der Waals surface area contributed by atoms with Crippen LogP contribution in [0.3, 0.4) is 0 Å². The summed E-state index contributed by atoms with van der Waals surface area (Å²) in [4.78, 5) is 16.8. The van der Waals surface area contributed by atoms with Crippen molar-refractivity contribution in [2.75, 3.05) is 13.2 Å². The Morgan fingerprint density at radius 3 is 2.78 bits per heavy atom. The smallest absolute Gasteiger partial charge is 0.264 e. The van der Waals surface area contributed by atoms with Gasteiger partial charge in [-0.25, -0.2) is 9.67 Å². The summed E-state index contributed by atoms with van der Waals surface area (Å²) in [6.45, 7) is 4.06. The van der Waals surface area contributed by atoms with E-state index in [0.717, 1.165) is 5.56 Å². The first-order valence-corrected chi connectivity index (χ1v) is 7.80. The first-order valence-electron chi connectivity index (χ1n) is 7.42. The van der Waals surface area contributed by atoms with Crippen LogP contribution in [0, 0.1) is 0 Å². The lowest BCUT2D eigenvalue weighted by atomic mass is 10.2. The third-order valence-corrected chi connectivity index (χ3v) is 3.80. The zero-order valence-electron chi connectivity index (χ0n) is 12.8. The summed E-state index contributed by atoms with van der Waals surface area (Å²) >= 11 is 5.89. The number of hydrogen-bond donors (Lipinski definition) is 0. The molecule has 0 aliphatic rings. The lowest BCUT2D eigenvalue weighted by Gasteiger charge is -2.06. The van der Waals surface area contributed by atoms with Crippen LogP contribution in [0.5, 0.6) is 0 Å². The van der Waals surface area contributed by atoms with E-state index >= 15 is 0 Å². The van der Waals surface area contributed by atoms with Gasteiger partial charge in [0, 0.05) is 11.6 Å². The summed E-state index contributed by atoms with van der Waals surface area (Å²) in [6.07, 6.45) is 3.11. The molecule has 0 radical (unpaired) electrons. The molecule has 7 heteroatoms. The minimum atomic E-state index is -0.0999. The van der Waals surface area contributed by atoms with Gasteiger partial charge < -0.3 is 4.74 Å². The summed E-state index contributed by atoms with van der Waals surface area (Å²) in [7, 11) is 0. The number of halogens is 1. The van der Waals surface area contributed by atoms with Crippen molar-refractivity contribution in [3.63, 3.8) is 0 Å². The summed E-state index contributed by atoms with van der Waals surface area (Å²) in [6, 6.07) is 7.52. The average molecular weight is 333 g/mol. The van der Waals surface area contributed by atoms with Crippen molar-refractivity contribution in [2.45, 2.75) is 20.0 Å². The van der Waals surface area contributed by atoms with Crippen LogP contribution in [-0.4, -0.2) is 32.5 Å². The molecule has 0 saturated carbocycles. The molecule has 0 atom stereocenters. The van der Waals surface area contributed by atoms with E-state index in [4.69, 9.17) is 16.3 Å². The Balaban J connectivity index is 1.87. The van der Waals surface area contributed by atoms with Crippen LogP contribution < -0.4 is 5.56 Å². The standard InChI is InChI=1S/C16H17ClN4O2/c1-2-23-8-7-20-11-18-15-14(16(20)22)9-19-21(15)10-12-3-5-13(17)6-4-12/h3-6,9,11H,2,7-8,10H2,1H3. The van der Waals surface area contributed by atoms with E-state index < -0.39 is 0 Å². The summed E-state index contributed by atoms with van der Waals surface area (Å²) in [5.41, 5.74) is 1.52. The molecule has 0 aliphatic carbocycles. The van der Waals surface area contributed by atoms with Gasteiger partial charge in [-0.05, 0) is 24.6 Å². The largest absolute Gasteiger partial charge is 0.380 e. The molecule has 1 aromatic carbocycles. The topological polar surface area (TPSA) is 61.9 Å². The minimum Gasteiger partial charge on any atom is -0.380 e. The van der Waals surface area contributed by atoms with Crippen molar-refractivity contribution in [3.05, 3.63) is 57.7 Å². The highest BCUT2D eigenvalue weighted by atomic mass is 35.5. The summed E-state index contributed by atoms with van der Waals surface area (Å²) in [5, 5.41) is 5.49. The fraction of sp³-hybridized carbons (Fsp3) is 0.312. The van der Waals surface area contributed by atoms with Gasteiger partial charge >= 0.3 is 0 Å². The van der Waals surface area contributed by atoms with Crippen molar-refractivity contribution in [2.24, 2.45) is 0 Å². The monoisotopic (exact) mass is 332 g/mol. The van der Waals surface area contributed by atoms with Gasteiger partial charge in [0.15, 0.2) is 5.65 Å². The van der Waals surface area contributed by atoms with Crippen molar-refractivity contribution in [1.29, 1.82) is 0 Å². The van der Waals surface area contributed by atoms with Crippen LogP contribution in [0.25, 0.3) is 11.0 Å². The lowest BCUT2D eigenvalue weighted by Crippen LogP contribution is -2.22. The van der Waals surface area contributed by atoms with Crippen LogP contribution in [0.2, 0.25) is 5.02 Å². The van der Waals surface area contributed by atoms with Gasteiger partial charge in [0.2, 0.25) is 0 Å². The van der Waals surface area contributed by atoms with Crippen LogP contribution >= 0.6 is 11.6 Å². The molecule has 2 aromatic heterocycles. The molecule has 0 spiro atoms. The van der Waals surface area contributed by atoms with Crippen molar-refractivity contribution in [1.82, 2.24) is 19.3 Å². The quantitative estimate of drug-likeness (QED) is 0.650. The van der Waals surface area contributed by atoms with E-state index in [1.54, 1.807) is 21.8 Å². The van der Waals surface area contributed by atoms with E-state index in [9.17, 15) is 4.79 Å². The highest BCUT2D eigenvalue weighted by Gasteiger charge is 2.10. The van der Waals surface area contributed by atoms with E-state index in [0.29, 0.717) is 42.4 Å². The molecule has 23 heavy (non-hydrogen) atoms.